The van der Waals surface area contributed by atoms with Crippen LogP contribution in [0, 0.1) is 13.8 Å². The number of nitrogens with one attached hydrogen (secondary N) is 1. The number of rotatable bonds is 3. The number of hydrogen-bond donors (Lipinski definition) is 2. The summed E-state index contributed by atoms with van der Waals surface area (Å²) in [4.78, 5) is 13.4. The highest BCUT2D eigenvalue weighted by Gasteiger charge is 2.30. The van der Waals surface area contributed by atoms with Crippen LogP contribution in [0.4, 0.5) is 30.5 Å². The fraction of sp³-hybridized carbons (Fsp3) is 0.150. The quantitative estimate of drug-likeness (QED) is 0.519. The number of alkyl halides is 3. The Labute approximate surface area is 164 Å². The average molecular weight is 398 g/mol. The summed E-state index contributed by atoms with van der Waals surface area (Å²) in [6.07, 6.45) is -4.39. The van der Waals surface area contributed by atoms with Crippen LogP contribution in [0.1, 0.15) is 17.0 Å². The summed E-state index contributed by atoms with van der Waals surface area (Å²) in [5.74, 6) is 1.69. The van der Waals surface area contributed by atoms with Gasteiger partial charge in [-0.3, -0.25) is 4.57 Å². The van der Waals surface area contributed by atoms with E-state index in [0.29, 0.717) is 28.8 Å². The number of nitrogen functional groups attached to an aromatic ring is 1. The van der Waals surface area contributed by atoms with Crippen LogP contribution >= 0.6 is 0 Å². The highest BCUT2D eigenvalue weighted by atomic mass is 19.4. The van der Waals surface area contributed by atoms with Gasteiger partial charge in [-0.25, -0.2) is 4.98 Å². The van der Waals surface area contributed by atoms with Crippen molar-refractivity contribution in [2.24, 2.45) is 0 Å². The smallest absolute Gasteiger partial charge is 0.383 e. The van der Waals surface area contributed by atoms with Crippen molar-refractivity contribution in [1.29, 1.82) is 0 Å². The summed E-state index contributed by atoms with van der Waals surface area (Å²) in [5, 5.41) is 3.03. The first kappa shape index (κ1) is 18.7. The Kier molecular flexibility index (Phi) is 4.37. The molecule has 0 spiro atoms. The van der Waals surface area contributed by atoms with E-state index < -0.39 is 11.7 Å². The molecule has 0 atom stereocenters. The van der Waals surface area contributed by atoms with Crippen LogP contribution in [0.5, 0.6) is 0 Å². The number of aromatic nitrogens is 4. The molecule has 3 N–H and O–H groups in total. The predicted octanol–water partition coefficient (Wildman–Crippen LogP) is 4.78. The molecule has 0 saturated heterocycles. The van der Waals surface area contributed by atoms with Gasteiger partial charge in [0.2, 0.25) is 5.95 Å². The van der Waals surface area contributed by atoms with Crippen LogP contribution in [0.15, 0.2) is 48.5 Å². The maximum Gasteiger partial charge on any atom is 0.416 e. The van der Waals surface area contributed by atoms with E-state index in [-0.39, 0.29) is 5.82 Å². The Morgan fingerprint density at radius 3 is 2.31 bits per heavy atom. The molecule has 2 aromatic carbocycles. The number of para-hydroxylation sites is 2. The predicted molar refractivity (Wildman–Crippen MR) is 105 cm³/mol. The normalized spacial score (nSPS) is 11.8. The van der Waals surface area contributed by atoms with E-state index in [1.807, 2.05) is 31.2 Å². The molecule has 4 rings (SSSR count). The summed E-state index contributed by atoms with van der Waals surface area (Å²) in [6.45, 7) is 3.58. The SMILES string of the molecule is Cc1c(N)nc(-n2c(C)nc3ccccc32)nc1Nc1ccc(C(F)(F)F)cc1. The minimum Gasteiger partial charge on any atom is -0.383 e. The van der Waals surface area contributed by atoms with Crippen molar-refractivity contribution in [3.63, 3.8) is 0 Å². The molecule has 0 bridgehead atoms. The highest BCUT2D eigenvalue weighted by Crippen LogP contribution is 2.31. The van der Waals surface area contributed by atoms with Gasteiger partial charge in [-0.2, -0.15) is 23.1 Å². The summed E-state index contributed by atoms with van der Waals surface area (Å²) in [5.41, 5.74) is 8.04. The van der Waals surface area contributed by atoms with Gasteiger partial charge in [-0.1, -0.05) is 12.1 Å². The maximum absolute atomic E-state index is 12.8. The number of nitrogens with two attached hydrogens (primary N) is 1. The molecule has 0 aliphatic rings. The fourth-order valence-electron chi connectivity index (χ4n) is 3.02. The molecule has 0 aliphatic carbocycles. The fourth-order valence-corrected chi connectivity index (χ4v) is 3.02. The number of imidazole rings is 1. The Bertz CT molecular complexity index is 1200. The third-order valence-electron chi connectivity index (χ3n) is 4.58. The third kappa shape index (κ3) is 3.46. The Balaban J connectivity index is 1.76. The number of fused-ring (bicyclic) bond motifs is 1. The first-order chi connectivity index (χ1) is 13.7. The zero-order valence-corrected chi connectivity index (χ0v) is 15.6. The molecular weight excluding hydrogens is 381 g/mol. The summed E-state index contributed by atoms with van der Waals surface area (Å²) in [7, 11) is 0. The molecule has 0 amide bonds. The van der Waals surface area contributed by atoms with Crippen molar-refractivity contribution in [3.8, 4) is 5.95 Å². The Hall–Kier alpha value is -3.62. The number of benzene rings is 2. The lowest BCUT2D eigenvalue weighted by atomic mass is 10.2. The topological polar surface area (TPSA) is 81.7 Å². The van der Waals surface area contributed by atoms with Crippen LogP contribution in [-0.2, 0) is 6.18 Å². The van der Waals surface area contributed by atoms with E-state index in [0.717, 1.165) is 23.2 Å². The molecule has 0 aliphatic heterocycles. The monoisotopic (exact) mass is 398 g/mol. The van der Waals surface area contributed by atoms with Crippen molar-refractivity contribution >= 4 is 28.4 Å². The van der Waals surface area contributed by atoms with Crippen LogP contribution in [0.2, 0.25) is 0 Å². The van der Waals surface area contributed by atoms with Crippen molar-refractivity contribution in [2.45, 2.75) is 20.0 Å². The van der Waals surface area contributed by atoms with Gasteiger partial charge in [0.15, 0.2) is 0 Å². The molecule has 4 aromatic rings. The lowest BCUT2D eigenvalue weighted by Crippen LogP contribution is -2.10. The van der Waals surface area contributed by atoms with Gasteiger partial charge in [-0.15, -0.1) is 0 Å². The Morgan fingerprint density at radius 1 is 0.931 bits per heavy atom. The highest BCUT2D eigenvalue weighted by molar-refractivity contribution is 5.78. The van der Waals surface area contributed by atoms with Crippen LogP contribution in [-0.4, -0.2) is 19.5 Å². The van der Waals surface area contributed by atoms with E-state index in [1.165, 1.54) is 12.1 Å². The second-order valence-electron chi connectivity index (χ2n) is 6.57. The standard InChI is InChI=1S/C20H17F3N6/c1-11-17(24)27-19(29-12(2)25-15-5-3-4-6-16(15)29)28-18(11)26-14-9-7-13(8-10-14)20(21,22)23/h3-10H,1-2H3,(H3,24,26,27,28). The molecule has 2 aromatic heterocycles. The minimum absolute atomic E-state index is 0.265. The number of anilines is 3. The summed E-state index contributed by atoms with van der Waals surface area (Å²) < 4.78 is 40.1. The van der Waals surface area contributed by atoms with Gasteiger partial charge in [0.25, 0.3) is 0 Å². The van der Waals surface area contributed by atoms with Gasteiger partial charge in [0, 0.05) is 11.3 Å². The van der Waals surface area contributed by atoms with Crippen molar-refractivity contribution in [3.05, 3.63) is 65.5 Å². The largest absolute Gasteiger partial charge is 0.416 e. The Morgan fingerprint density at radius 2 is 1.62 bits per heavy atom. The maximum atomic E-state index is 12.8. The van der Waals surface area contributed by atoms with E-state index in [9.17, 15) is 13.2 Å². The van der Waals surface area contributed by atoms with Gasteiger partial charge in [0.1, 0.15) is 17.5 Å². The summed E-state index contributed by atoms with van der Waals surface area (Å²) >= 11 is 0. The first-order valence-corrected chi connectivity index (χ1v) is 8.77. The molecule has 0 fully saturated rings. The number of nitrogens with zero attached hydrogens (tertiary/aromatic N) is 4. The minimum atomic E-state index is -4.39. The van der Waals surface area contributed by atoms with Gasteiger partial charge in [0.05, 0.1) is 16.6 Å². The van der Waals surface area contributed by atoms with Crippen molar-refractivity contribution < 1.29 is 13.2 Å². The second-order valence-corrected chi connectivity index (χ2v) is 6.57. The van der Waals surface area contributed by atoms with Crippen molar-refractivity contribution in [2.75, 3.05) is 11.1 Å². The van der Waals surface area contributed by atoms with Gasteiger partial charge in [-0.05, 0) is 50.2 Å². The van der Waals surface area contributed by atoms with E-state index >= 15 is 0 Å². The molecule has 6 nitrogen and oxygen atoms in total. The lowest BCUT2D eigenvalue weighted by molar-refractivity contribution is -0.137. The molecule has 0 radical (unpaired) electrons. The molecule has 0 unspecified atom stereocenters. The van der Waals surface area contributed by atoms with E-state index in [4.69, 9.17) is 5.73 Å². The third-order valence-corrected chi connectivity index (χ3v) is 4.58. The number of halogens is 3. The summed E-state index contributed by atoms with van der Waals surface area (Å²) in [6, 6.07) is 12.3. The second kappa shape index (κ2) is 6.77. The van der Waals surface area contributed by atoms with Crippen LogP contribution in [0.3, 0.4) is 0 Å². The van der Waals surface area contributed by atoms with Crippen molar-refractivity contribution in [1.82, 2.24) is 19.5 Å². The van der Waals surface area contributed by atoms with E-state index in [1.54, 1.807) is 11.5 Å². The molecule has 9 heteroatoms. The number of hydrogen-bond acceptors (Lipinski definition) is 5. The van der Waals surface area contributed by atoms with Crippen LogP contribution < -0.4 is 11.1 Å². The zero-order valence-electron chi connectivity index (χ0n) is 15.6. The van der Waals surface area contributed by atoms with Gasteiger partial charge < -0.3 is 11.1 Å². The molecule has 2 heterocycles. The first-order valence-electron chi connectivity index (χ1n) is 8.77. The zero-order chi connectivity index (χ0) is 20.8. The van der Waals surface area contributed by atoms with Gasteiger partial charge >= 0.3 is 6.18 Å². The molecular formula is C20H17F3N6. The average Bonchev–Trinajstić information content (AvgIpc) is 3.00. The van der Waals surface area contributed by atoms with E-state index in [2.05, 4.69) is 20.3 Å². The number of aryl methyl sites for hydroxylation is 1. The molecule has 29 heavy (non-hydrogen) atoms. The molecule has 148 valence electrons. The lowest BCUT2D eigenvalue weighted by Gasteiger charge is -2.14. The molecule has 0 saturated carbocycles. The van der Waals surface area contributed by atoms with Crippen LogP contribution in [0.25, 0.3) is 17.0 Å².